The van der Waals surface area contributed by atoms with Crippen LogP contribution in [0.15, 0.2) is 18.2 Å². The minimum atomic E-state index is -1.55. The minimum absolute atomic E-state index is 0. The number of aromatic carboxylic acids is 2. The van der Waals surface area contributed by atoms with Crippen molar-refractivity contribution in [2.75, 3.05) is 6.61 Å². The standard InChI is InChI=1S/C11H12O5.2Na/c1-2-16-6-7-4-3-5-8(10(12)13)9(7)11(14)15;;/h3-5H,2,6H2,1H3,(H,12,13)(H,14,15);;/q;2*+1/p-2. The van der Waals surface area contributed by atoms with Crippen LogP contribution in [0.25, 0.3) is 0 Å². The number of carboxylic acids is 2. The van der Waals surface area contributed by atoms with Crippen LogP contribution in [0.4, 0.5) is 0 Å². The average Bonchev–Trinajstić information content (AvgIpc) is 2.25. The molecule has 86 valence electrons. The molecule has 5 nitrogen and oxygen atoms in total. The normalized spacial score (nSPS) is 8.94. The fraction of sp³-hybridized carbons (Fsp3) is 0.273. The molecule has 0 heterocycles. The first-order valence-corrected chi connectivity index (χ1v) is 4.70. The Balaban J connectivity index is 0. The van der Waals surface area contributed by atoms with E-state index in [1.54, 1.807) is 6.92 Å². The number of benzene rings is 1. The molecule has 7 heteroatoms. The van der Waals surface area contributed by atoms with Crippen LogP contribution in [-0.4, -0.2) is 18.5 Å². The van der Waals surface area contributed by atoms with Gasteiger partial charge >= 0.3 is 59.1 Å². The van der Waals surface area contributed by atoms with Crippen molar-refractivity contribution in [3.05, 3.63) is 34.9 Å². The Morgan fingerprint density at radius 3 is 2.22 bits per heavy atom. The Bertz CT molecular complexity index is 420. The van der Waals surface area contributed by atoms with E-state index in [0.29, 0.717) is 6.61 Å². The van der Waals surface area contributed by atoms with Crippen LogP contribution >= 0.6 is 0 Å². The maximum atomic E-state index is 10.9. The largest absolute Gasteiger partial charge is 1.00 e. The first-order valence-electron chi connectivity index (χ1n) is 4.70. The van der Waals surface area contributed by atoms with Gasteiger partial charge in [-0.05, 0) is 12.5 Å². The summed E-state index contributed by atoms with van der Waals surface area (Å²) in [4.78, 5) is 21.6. The van der Waals surface area contributed by atoms with Crippen molar-refractivity contribution in [2.24, 2.45) is 0 Å². The molecule has 0 aliphatic heterocycles. The van der Waals surface area contributed by atoms with Gasteiger partial charge in [0.05, 0.1) is 18.5 Å². The van der Waals surface area contributed by atoms with Crippen LogP contribution < -0.4 is 69.3 Å². The van der Waals surface area contributed by atoms with Gasteiger partial charge < -0.3 is 24.5 Å². The molecule has 0 atom stereocenters. The number of hydrogen-bond acceptors (Lipinski definition) is 5. The quantitative estimate of drug-likeness (QED) is 0.495. The van der Waals surface area contributed by atoms with Crippen LogP contribution in [-0.2, 0) is 11.3 Å². The van der Waals surface area contributed by atoms with Crippen LogP contribution in [0.3, 0.4) is 0 Å². The van der Waals surface area contributed by atoms with Crippen molar-refractivity contribution in [3.63, 3.8) is 0 Å². The zero-order valence-electron chi connectivity index (χ0n) is 10.7. The zero-order valence-corrected chi connectivity index (χ0v) is 14.7. The third-order valence-corrected chi connectivity index (χ3v) is 2.04. The summed E-state index contributed by atoms with van der Waals surface area (Å²) in [6.45, 7) is 2.18. The Morgan fingerprint density at radius 1 is 1.17 bits per heavy atom. The monoisotopic (exact) mass is 268 g/mol. The summed E-state index contributed by atoms with van der Waals surface area (Å²) in [6.07, 6.45) is 0. The summed E-state index contributed by atoms with van der Waals surface area (Å²) >= 11 is 0. The molecule has 0 aliphatic rings. The molecule has 0 spiro atoms. The van der Waals surface area contributed by atoms with Crippen molar-refractivity contribution in [3.8, 4) is 0 Å². The molecule has 0 saturated carbocycles. The van der Waals surface area contributed by atoms with Crippen molar-refractivity contribution < 1.29 is 83.7 Å². The molecule has 0 amide bonds. The molecular weight excluding hydrogens is 258 g/mol. The van der Waals surface area contributed by atoms with Gasteiger partial charge in [0.25, 0.3) is 0 Å². The van der Waals surface area contributed by atoms with Gasteiger partial charge in [-0.3, -0.25) is 0 Å². The number of ether oxygens (including phenoxy) is 1. The average molecular weight is 268 g/mol. The van der Waals surface area contributed by atoms with Gasteiger partial charge in [0.1, 0.15) is 0 Å². The molecule has 0 aliphatic carbocycles. The van der Waals surface area contributed by atoms with Crippen LogP contribution in [0, 0.1) is 0 Å². The summed E-state index contributed by atoms with van der Waals surface area (Å²) in [6, 6.07) is 4.08. The predicted molar refractivity (Wildman–Crippen MR) is 50.4 cm³/mol. The first kappa shape index (κ1) is 20.4. The fourth-order valence-corrected chi connectivity index (χ4v) is 1.34. The van der Waals surface area contributed by atoms with E-state index in [1.165, 1.54) is 12.1 Å². The molecule has 0 bridgehead atoms. The maximum absolute atomic E-state index is 10.9. The molecule has 1 aromatic carbocycles. The zero-order chi connectivity index (χ0) is 12.1. The van der Waals surface area contributed by atoms with Crippen molar-refractivity contribution in [2.45, 2.75) is 13.5 Å². The predicted octanol–water partition coefficient (Wildman–Crippen LogP) is -7.04. The minimum Gasteiger partial charge on any atom is -0.545 e. The Hall–Kier alpha value is 0.120. The summed E-state index contributed by atoms with van der Waals surface area (Å²) in [5, 5.41) is 21.6. The van der Waals surface area contributed by atoms with E-state index in [2.05, 4.69) is 0 Å². The third kappa shape index (κ3) is 5.40. The molecule has 1 rings (SSSR count). The second-order valence-electron chi connectivity index (χ2n) is 3.05. The summed E-state index contributed by atoms with van der Waals surface area (Å²) in [5.41, 5.74) is -0.503. The van der Waals surface area contributed by atoms with Crippen molar-refractivity contribution in [1.29, 1.82) is 0 Å². The van der Waals surface area contributed by atoms with Crippen molar-refractivity contribution >= 4 is 11.9 Å². The van der Waals surface area contributed by atoms with E-state index in [-0.39, 0.29) is 76.8 Å². The number of carbonyl (C=O) groups is 2. The molecule has 18 heavy (non-hydrogen) atoms. The van der Waals surface area contributed by atoms with E-state index in [0.717, 1.165) is 6.07 Å². The van der Waals surface area contributed by atoms with Gasteiger partial charge in [0, 0.05) is 17.7 Å². The van der Waals surface area contributed by atoms with Gasteiger partial charge in [-0.15, -0.1) is 0 Å². The van der Waals surface area contributed by atoms with Crippen LogP contribution in [0.5, 0.6) is 0 Å². The van der Waals surface area contributed by atoms with Crippen LogP contribution in [0.2, 0.25) is 0 Å². The molecule has 0 N–H and O–H groups in total. The van der Waals surface area contributed by atoms with Gasteiger partial charge in [-0.1, -0.05) is 18.2 Å². The van der Waals surface area contributed by atoms with E-state index < -0.39 is 17.5 Å². The molecule has 0 fully saturated rings. The number of hydrogen-bond donors (Lipinski definition) is 0. The molecular formula is C11H10Na2O5. The SMILES string of the molecule is CCOCc1cccc(C(=O)[O-])c1C(=O)[O-].[Na+].[Na+]. The van der Waals surface area contributed by atoms with Crippen molar-refractivity contribution in [1.82, 2.24) is 0 Å². The molecule has 0 unspecified atom stereocenters. The summed E-state index contributed by atoms with van der Waals surface area (Å²) in [7, 11) is 0. The summed E-state index contributed by atoms with van der Waals surface area (Å²) in [5.74, 6) is -3.09. The topological polar surface area (TPSA) is 89.5 Å². The number of rotatable bonds is 5. The molecule has 0 aromatic heterocycles. The van der Waals surface area contributed by atoms with Gasteiger partial charge in [-0.2, -0.15) is 0 Å². The second kappa shape index (κ2) is 9.97. The van der Waals surface area contributed by atoms with Crippen LogP contribution in [0.1, 0.15) is 33.2 Å². The van der Waals surface area contributed by atoms with Gasteiger partial charge in [0.15, 0.2) is 0 Å². The smallest absolute Gasteiger partial charge is 0.545 e. The Morgan fingerprint density at radius 2 is 1.78 bits per heavy atom. The second-order valence-corrected chi connectivity index (χ2v) is 3.05. The van der Waals surface area contributed by atoms with E-state index >= 15 is 0 Å². The molecule has 0 saturated heterocycles. The Labute approximate surface area is 149 Å². The molecule has 0 radical (unpaired) electrons. The van der Waals surface area contributed by atoms with E-state index in [4.69, 9.17) is 4.74 Å². The fourth-order valence-electron chi connectivity index (χ4n) is 1.34. The number of carbonyl (C=O) groups excluding carboxylic acids is 2. The summed E-state index contributed by atoms with van der Waals surface area (Å²) < 4.78 is 5.04. The maximum Gasteiger partial charge on any atom is 1.00 e. The van der Waals surface area contributed by atoms with E-state index in [1.807, 2.05) is 0 Å². The third-order valence-electron chi connectivity index (χ3n) is 2.04. The first-order chi connectivity index (χ1) is 7.57. The van der Waals surface area contributed by atoms with Gasteiger partial charge in [0.2, 0.25) is 0 Å². The van der Waals surface area contributed by atoms with E-state index in [9.17, 15) is 19.8 Å². The van der Waals surface area contributed by atoms with Gasteiger partial charge in [-0.25, -0.2) is 0 Å². The molecule has 1 aromatic rings. The Kier molecular flexibility index (Phi) is 11.3. The number of carboxylic acid groups (broad SMARTS) is 2.